The summed E-state index contributed by atoms with van der Waals surface area (Å²) < 4.78 is 6.10. The van der Waals surface area contributed by atoms with Crippen molar-refractivity contribution in [1.29, 1.82) is 0 Å². The summed E-state index contributed by atoms with van der Waals surface area (Å²) in [4.78, 5) is 29.0. The molecule has 0 aromatic heterocycles. The van der Waals surface area contributed by atoms with Crippen LogP contribution in [0.5, 0.6) is 0 Å². The topological polar surface area (TPSA) is 93.8 Å². The zero-order valence-corrected chi connectivity index (χ0v) is 16.6. The lowest BCUT2D eigenvalue weighted by Crippen LogP contribution is -2.30. The maximum Gasteiger partial charge on any atom is 0.308 e. The minimum atomic E-state index is -1.31. The van der Waals surface area contributed by atoms with Crippen LogP contribution in [0.4, 0.5) is 5.69 Å². The highest BCUT2D eigenvalue weighted by molar-refractivity contribution is 9.10. The summed E-state index contributed by atoms with van der Waals surface area (Å²) in [6, 6.07) is 12.5. The Hall–Kier alpha value is -2.22. The molecule has 0 unspecified atom stereocenters. The van der Waals surface area contributed by atoms with Crippen LogP contribution in [0.1, 0.15) is 24.0 Å². The van der Waals surface area contributed by atoms with E-state index in [0.717, 1.165) is 4.47 Å². The maximum atomic E-state index is 12.6. The fourth-order valence-corrected chi connectivity index (χ4v) is 3.23. The van der Waals surface area contributed by atoms with E-state index in [-0.39, 0.29) is 6.42 Å². The molecule has 1 aliphatic rings. The Balaban J connectivity index is 2.07. The fraction of sp³-hybridized carbons (Fsp3) is 0.211. The third-order valence-corrected chi connectivity index (χ3v) is 4.75. The highest BCUT2D eigenvalue weighted by atomic mass is 79.9. The van der Waals surface area contributed by atoms with Crippen LogP contribution in [-0.2, 0) is 14.3 Å². The van der Waals surface area contributed by atoms with Gasteiger partial charge in [-0.15, -0.1) is 0 Å². The molecule has 1 atom stereocenters. The van der Waals surface area contributed by atoms with Crippen molar-refractivity contribution in [1.82, 2.24) is 0 Å². The number of carbonyl (C=O) groups is 2. The maximum absolute atomic E-state index is 12.6. The molecule has 140 valence electrons. The Morgan fingerprint density at radius 2 is 2.04 bits per heavy atom. The number of carbonyl (C=O) groups excluding carboxylic acids is 2. The van der Waals surface area contributed by atoms with E-state index >= 15 is 0 Å². The number of benzene rings is 2. The minimum Gasteiger partial charge on any atom is -0.430 e. The van der Waals surface area contributed by atoms with Crippen molar-refractivity contribution in [2.75, 3.05) is 11.9 Å². The van der Waals surface area contributed by atoms with Crippen LogP contribution in [0, 0.1) is 0 Å². The van der Waals surface area contributed by atoms with Crippen LogP contribution in [0.25, 0.3) is 0 Å². The molecule has 0 spiro atoms. The highest BCUT2D eigenvalue weighted by Crippen LogP contribution is 2.30. The number of aliphatic imine (C=N–C) groups is 1. The summed E-state index contributed by atoms with van der Waals surface area (Å²) in [5, 5.41) is 3.24. The molecule has 0 aliphatic carbocycles. The van der Waals surface area contributed by atoms with Gasteiger partial charge in [0, 0.05) is 27.0 Å². The molecule has 0 saturated heterocycles. The third kappa shape index (κ3) is 4.55. The molecule has 2 aromatic carbocycles. The number of nitrogens with two attached hydrogens (primary N) is 1. The van der Waals surface area contributed by atoms with Gasteiger partial charge in [-0.1, -0.05) is 45.7 Å². The summed E-state index contributed by atoms with van der Waals surface area (Å²) in [7, 11) is 0. The second kappa shape index (κ2) is 8.65. The van der Waals surface area contributed by atoms with Crippen LogP contribution < -0.4 is 11.1 Å². The van der Waals surface area contributed by atoms with Crippen molar-refractivity contribution >= 4 is 50.8 Å². The molecule has 1 amide bonds. The number of nitrogens with one attached hydrogen (secondary N) is 1. The van der Waals surface area contributed by atoms with Crippen molar-refractivity contribution in [2.24, 2.45) is 10.7 Å². The molecular weight excluding hydrogens is 434 g/mol. The molecule has 27 heavy (non-hydrogen) atoms. The predicted molar refractivity (Wildman–Crippen MR) is 108 cm³/mol. The van der Waals surface area contributed by atoms with Gasteiger partial charge in [0.05, 0.1) is 11.4 Å². The summed E-state index contributed by atoms with van der Waals surface area (Å²) in [5.41, 5.74) is 7.75. The van der Waals surface area contributed by atoms with E-state index in [1.54, 1.807) is 30.3 Å². The average molecular weight is 451 g/mol. The van der Waals surface area contributed by atoms with Crippen molar-refractivity contribution < 1.29 is 14.3 Å². The minimum absolute atomic E-state index is 0.121. The van der Waals surface area contributed by atoms with Gasteiger partial charge in [-0.25, -0.2) is 4.99 Å². The molecule has 2 aromatic rings. The SMILES string of the molecule is NCCCC(=O)O[C@H]1N=C(c2ccccc2Cl)c2cc(Br)ccc2NC1=O. The number of ether oxygens (including phenoxy) is 1. The highest BCUT2D eigenvalue weighted by Gasteiger charge is 2.29. The third-order valence-electron chi connectivity index (χ3n) is 3.92. The lowest BCUT2D eigenvalue weighted by molar-refractivity contribution is -0.153. The van der Waals surface area contributed by atoms with Crippen LogP contribution in [0.15, 0.2) is 51.9 Å². The number of rotatable bonds is 5. The van der Waals surface area contributed by atoms with Crippen LogP contribution >= 0.6 is 27.5 Å². The Bertz CT molecular complexity index is 917. The van der Waals surface area contributed by atoms with Gasteiger partial charge in [0.1, 0.15) is 0 Å². The lowest BCUT2D eigenvalue weighted by atomic mass is 10.0. The van der Waals surface area contributed by atoms with Gasteiger partial charge in [0.25, 0.3) is 12.1 Å². The molecule has 0 bridgehead atoms. The molecule has 1 aliphatic heterocycles. The molecule has 8 heteroatoms. The smallest absolute Gasteiger partial charge is 0.308 e. The number of hydrogen-bond donors (Lipinski definition) is 2. The average Bonchev–Trinajstić information content (AvgIpc) is 2.77. The first-order valence-electron chi connectivity index (χ1n) is 8.32. The second-order valence-corrected chi connectivity index (χ2v) is 7.19. The quantitative estimate of drug-likeness (QED) is 0.682. The van der Waals surface area contributed by atoms with E-state index in [9.17, 15) is 9.59 Å². The number of fused-ring (bicyclic) bond motifs is 1. The van der Waals surface area contributed by atoms with E-state index in [4.69, 9.17) is 22.1 Å². The van der Waals surface area contributed by atoms with E-state index < -0.39 is 18.1 Å². The summed E-state index contributed by atoms with van der Waals surface area (Å²) >= 11 is 9.79. The summed E-state index contributed by atoms with van der Waals surface area (Å²) in [6.45, 7) is 0.361. The molecule has 6 nitrogen and oxygen atoms in total. The fourth-order valence-electron chi connectivity index (χ4n) is 2.64. The largest absolute Gasteiger partial charge is 0.430 e. The first-order valence-corrected chi connectivity index (χ1v) is 9.49. The van der Waals surface area contributed by atoms with Crippen LogP contribution in [0.3, 0.4) is 0 Å². The molecular formula is C19H17BrClN3O3. The number of hydrogen-bond acceptors (Lipinski definition) is 5. The Morgan fingerprint density at radius 3 is 2.78 bits per heavy atom. The molecule has 0 saturated carbocycles. The first-order chi connectivity index (χ1) is 13.0. The van der Waals surface area contributed by atoms with Gasteiger partial charge in [-0.2, -0.15) is 0 Å². The summed E-state index contributed by atoms with van der Waals surface area (Å²) in [5.74, 6) is -1.06. The van der Waals surface area contributed by atoms with Crippen molar-refractivity contribution in [3.63, 3.8) is 0 Å². The number of halogens is 2. The van der Waals surface area contributed by atoms with Gasteiger partial charge >= 0.3 is 5.97 Å². The van der Waals surface area contributed by atoms with Crippen LogP contribution in [-0.4, -0.2) is 30.4 Å². The van der Waals surface area contributed by atoms with Crippen molar-refractivity contribution in [3.05, 3.63) is 63.1 Å². The predicted octanol–water partition coefficient (Wildman–Crippen LogP) is 3.50. The van der Waals surface area contributed by atoms with Crippen molar-refractivity contribution in [2.45, 2.75) is 19.1 Å². The monoisotopic (exact) mass is 449 g/mol. The zero-order chi connectivity index (χ0) is 19.4. The lowest BCUT2D eigenvalue weighted by Gasteiger charge is -2.12. The van der Waals surface area contributed by atoms with Gasteiger partial charge in [-0.3, -0.25) is 9.59 Å². The number of esters is 1. The zero-order valence-electron chi connectivity index (χ0n) is 14.2. The van der Waals surface area contributed by atoms with Crippen LogP contribution in [0.2, 0.25) is 5.02 Å². The van der Waals surface area contributed by atoms with E-state index in [1.807, 2.05) is 12.1 Å². The molecule has 0 radical (unpaired) electrons. The van der Waals surface area contributed by atoms with E-state index in [0.29, 0.717) is 40.5 Å². The van der Waals surface area contributed by atoms with Gasteiger partial charge in [-0.05, 0) is 37.2 Å². The van der Waals surface area contributed by atoms with E-state index in [1.165, 1.54) is 0 Å². The normalized spacial score (nSPS) is 16.0. The standard InChI is InChI=1S/C19H17BrClN3O3/c20-11-7-8-15-13(10-11)17(12-4-1-2-5-14(12)21)24-19(18(26)23-15)27-16(25)6-3-9-22/h1-2,4-5,7-8,10,19H,3,6,9,22H2,(H,23,26)/t19-/m1/s1. The molecule has 3 rings (SSSR count). The van der Waals surface area contributed by atoms with Gasteiger partial charge < -0.3 is 15.8 Å². The Morgan fingerprint density at radius 1 is 1.26 bits per heavy atom. The van der Waals surface area contributed by atoms with Gasteiger partial charge in [0.2, 0.25) is 0 Å². The van der Waals surface area contributed by atoms with Crippen molar-refractivity contribution in [3.8, 4) is 0 Å². The molecule has 1 heterocycles. The summed E-state index contributed by atoms with van der Waals surface area (Å²) in [6.07, 6.45) is -0.718. The van der Waals surface area contributed by atoms with Gasteiger partial charge in [0.15, 0.2) is 0 Å². The Kier molecular flexibility index (Phi) is 6.26. The molecule has 0 fully saturated rings. The number of nitrogens with zero attached hydrogens (tertiary/aromatic N) is 1. The van der Waals surface area contributed by atoms with E-state index in [2.05, 4.69) is 26.2 Å². The number of amides is 1. The molecule has 3 N–H and O–H groups in total. The Labute approximate surface area is 169 Å². The first kappa shape index (κ1) is 19.5. The second-order valence-electron chi connectivity index (χ2n) is 5.87. The number of benzodiazepines with no additional fused rings is 1. The number of anilines is 1.